The minimum Gasteiger partial charge on any atom is -0.357 e. The molecule has 1 atom stereocenters. The predicted molar refractivity (Wildman–Crippen MR) is 123 cm³/mol. The molecule has 0 spiro atoms. The van der Waals surface area contributed by atoms with Crippen molar-refractivity contribution in [1.29, 1.82) is 0 Å². The minimum absolute atomic E-state index is 0. The fourth-order valence-corrected chi connectivity index (χ4v) is 4.15. The van der Waals surface area contributed by atoms with Gasteiger partial charge in [0.1, 0.15) is 0 Å². The van der Waals surface area contributed by atoms with Gasteiger partial charge in [0.15, 0.2) is 15.8 Å². The third-order valence-electron chi connectivity index (χ3n) is 4.71. The van der Waals surface area contributed by atoms with E-state index in [4.69, 9.17) is 0 Å². The molecule has 6 nitrogen and oxygen atoms in total. The zero-order valence-corrected chi connectivity index (χ0v) is 20.1. The molecule has 0 amide bonds. The zero-order valence-electron chi connectivity index (χ0n) is 16.9. The molecule has 0 saturated heterocycles. The molecule has 1 aliphatic rings. The number of nitrogens with one attached hydrogen (secondary N) is 2. The predicted octanol–water partition coefficient (Wildman–Crippen LogP) is 2.41. The molecule has 0 aliphatic heterocycles. The van der Waals surface area contributed by atoms with Crippen LogP contribution in [-0.4, -0.2) is 58.8 Å². The van der Waals surface area contributed by atoms with Crippen LogP contribution in [0.3, 0.4) is 0 Å². The number of hydrogen-bond acceptors (Lipinski definition) is 4. The minimum atomic E-state index is -3.18. The third-order valence-corrected chi connectivity index (χ3v) is 5.97. The first-order valence-electron chi connectivity index (χ1n) is 9.20. The number of likely N-dealkylation sites (N-methyl/N-ethyl adjacent to an activating group) is 1. The van der Waals surface area contributed by atoms with Crippen LogP contribution in [0.1, 0.15) is 30.9 Å². The van der Waals surface area contributed by atoms with Gasteiger partial charge in [0.05, 0.1) is 11.4 Å². The van der Waals surface area contributed by atoms with E-state index in [0.717, 1.165) is 36.1 Å². The molecule has 0 radical (unpaired) electrons. The largest absolute Gasteiger partial charge is 0.357 e. The van der Waals surface area contributed by atoms with Gasteiger partial charge in [-0.2, -0.15) is 0 Å². The van der Waals surface area contributed by atoms with Crippen LogP contribution >= 0.6 is 24.0 Å². The summed E-state index contributed by atoms with van der Waals surface area (Å²) >= 11 is 0. The highest BCUT2D eigenvalue weighted by Crippen LogP contribution is 2.34. The van der Waals surface area contributed by atoms with Crippen molar-refractivity contribution in [3.05, 3.63) is 29.3 Å². The molecule has 8 heteroatoms. The van der Waals surface area contributed by atoms with Gasteiger partial charge in [-0.15, -0.1) is 24.0 Å². The van der Waals surface area contributed by atoms with E-state index in [1.54, 1.807) is 6.07 Å². The molecule has 1 unspecified atom stereocenters. The van der Waals surface area contributed by atoms with Gasteiger partial charge < -0.3 is 15.5 Å². The van der Waals surface area contributed by atoms with E-state index in [1.807, 2.05) is 26.0 Å². The van der Waals surface area contributed by atoms with Crippen molar-refractivity contribution < 1.29 is 8.42 Å². The van der Waals surface area contributed by atoms with Gasteiger partial charge in [-0.05, 0) is 63.9 Å². The number of guanidine groups is 1. The summed E-state index contributed by atoms with van der Waals surface area (Å²) < 4.78 is 23.5. The highest BCUT2D eigenvalue weighted by molar-refractivity contribution is 14.0. The summed E-state index contributed by atoms with van der Waals surface area (Å²) in [4.78, 5) is 7.32. The van der Waals surface area contributed by atoms with Crippen LogP contribution in [0.25, 0.3) is 0 Å². The Labute approximate surface area is 181 Å². The van der Waals surface area contributed by atoms with Crippen LogP contribution < -0.4 is 10.6 Å². The zero-order chi connectivity index (χ0) is 19.3. The van der Waals surface area contributed by atoms with Crippen molar-refractivity contribution in [2.45, 2.75) is 44.2 Å². The van der Waals surface area contributed by atoms with Gasteiger partial charge in [0, 0.05) is 25.4 Å². The van der Waals surface area contributed by atoms with Crippen LogP contribution in [0.4, 0.5) is 0 Å². The maximum Gasteiger partial charge on any atom is 0.191 e. The molecular formula is C19H33IN4O2S. The standard InChI is InChI=1S/C19H32N4O2S.HI/c1-6-20-19(22-13-17(23(3)4)16-8-9-16)21-12-15-7-10-18(14(2)11-15)26(5,24)25;/h7,10-11,16-17H,6,8-9,12-13H2,1-5H3,(H2,20,21,22);1H. The van der Waals surface area contributed by atoms with Crippen molar-refractivity contribution >= 4 is 39.8 Å². The van der Waals surface area contributed by atoms with Crippen molar-refractivity contribution in [3.63, 3.8) is 0 Å². The van der Waals surface area contributed by atoms with Gasteiger partial charge in [0.2, 0.25) is 0 Å². The maximum absolute atomic E-state index is 11.7. The molecule has 154 valence electrons. The lowest BCUT2D eigenvalue weighted by atomic mass is 10.1. The van der Waals surface area contributed by atoms with Gasteiger partial charge in [-0.25, -0.2) is 13.4 Å². The fraction of sp³-hybridized carbons (Fsp3) is 0.632. The molecule has 1 saturated carbocycles. The number of hydrogen-bond donors (Lipinski definition) is 2. The van der Waals surface area contributed by atoms with Crippen molar-refractivity contribution in [2.24, 2.45) is 10.9 Å². The Bertz CT molecular complexity index is 744. The second-order valence-corrected chi connectivity index (χ2v) is 9.30. The number of benzene rings is 1. The molecule has 2 rings (SSSR count). The summed E-state index contributed by atoms with van der Waals surface area (Å²) in [7, 11) is 1.07. The molecule has 1 fully saturated rings. The van der Waals surface area contributed by atoms with Crippen LogP contribution in [-0.2, 0) is 16.4 Å². The first-order valence-corrected chi connectivity index (χ1v) is 11.1. The Morgan fingerprint density at radius 1 is 1.30 bits per heavy atom. The summed E-state index contributed by atoms with van der Waals surface area (Å²) in [6, 6.07) is 5.93. The Kier molecular flexibility index (Phi) is 9.50. The van der Waals surface area contributed by atoms with E-state index >= 15 is 0 Å². The van der Waals surface area contributed by atoms with Crippen molar-refractivity contribution in [1.82, 2.24) is 15.5 Å². The van der Waals surface area contributed by atoms with Crippen molar-refractivity contribution in [2.75, 3.05) is 33.4 Å². The van der Waals surface area contributed by atoms with E-state index in [2.05, 4.69) is 34.6 Å². The summed E-state index contributed by atoms with van der Waals surface area (Å²) in [5.74, 6) is 1.58. The topological polar surface area (TPSA) is 73.8 Å². The first kappa shape index (κ1) is 24.2. The Morgan fingerprint density at radius 2 is 1.96 bits per heavy atom. The van der Waals surface area contributed by atoms with Crippen molar-refractivity contribution in [3.8, 4) is 0 Å². The van der Waals surface area contributed by atoms with Crippen LogP contribution in [0.2, 0.25) is 0 Å². The molecule has 1 aliphatic carbocycles. The SMILES string of the molecule is CCNC(=NCc1ccc(S(C)(=O)=O)c(C)c1)NCC(C1CC1)N(C)C.I. The second kappa shape index (κ2) is 10.6. The van der Waals surface area contributed by atoms with E-state index in [9.17, 15) is 8.42 Å². The highest BCUT2D eigenvalue weighted by atomic mass is 127. The average Bonchev–Trinajstić information content (AvgIpc) is 3.36. The number of halogens is 1. The average molecular weight is 508 g/mol. The molecule has 27 heavy (non-hydrogen) atoms. The van der Waals surface area contributed by atoms with E-state index in [0.29, 0.717) is 17.5 Å². The first-order chi connectivity index (χ1) is 12.2. The lowest BCUT2D eigenvalue weighted by Gasteiger charge is -2.25. The third kappa shape index (κ3) is 7.57. The maximum atomic E-state index is 11.7. The molecule has 2 N–H and O–H groups in total. The molecule has 0 bridgehead atoms. The molecular weight excluding hydrogens is 475 g/mol. The van der Waals surface area contributed by atoms with Gasteiger partial charge in [0.25, 0.3) is 0 Å². The van der Waals surface area contributed by atoms with E-state index in [1.165, 1.54) is 19.1 Å². The normalized spacial score (nSPS) is 16.0. The lowest BCUT2D eigenvalue weighted by Crippen LogP contribution is -2.46. The number of nitrogens with zero attached hydrogens (tertiary/aromatic N) is 2. The van der Waals surface area contributed by atoms with Gasteiger partial charge in [-0.1, -0.05) is 12.1 Å². The Hall–Kier alpha value is -0.870. The summed E-state index contributed by atoms with van der Waals surface area (Å²) in [5, 5.41) is 6.73. The Balaban J connectivity index is 0.00000364. The summed E-state index contributed by atoms with van der Waals surface area (Å²) in [5.41, 5.74) is 1.76. The highest BCUT2D eigenvalue weighted by Gasteiger charge is 2.32. The molecule has 1 aromatic carbocycles. The summed E-state index contributed by atoms with van der Waals surface area (Å²) in [6.45, 7) is 6.05. The smallest absolute Gasteiger partial charge is 0.191 e. The quantitative estimate of drug-likeness (QED) is 0.321. The lowest BCUT2D eigenvalue weighted by molar-refractivity contribution is 0.264. The second-order valence-electron chi connectivity index (χ2n) is 7.32. The molecule has 0 aromatic heterocycles. The fourth-order valence-electron chi connectivity index (χ4n) is 3.19. The molecule has 1 aromatic rings. The Morgan fingerprint density at radius 3 is 2.44 bits per heavy atom. The number of aliphatic imine (C=N–C) groups is 1. The van der Waals surface area contributed by atoms with Gasteiger partial charge in [-0.3, -0.25) is 0 Å². The van der Waals surface area contributed by atoms with Crippen LogP contribution in [0, 0.1) is 12.8 Å². The van der Waals surface area contributed by atoms with E-state index < -0.39 is 9.84 Å². The molecule has 0 heterocycles. The van der Waals surface area contributed by atoms with Gasteiger partial charge >= 0.3 is 0 Å². The van der Waals surface area contributed by atoms with Crippen LogP contribution in [0.5, 0.6) is 0 Å². The van der Waals surface area contributed by atoms with E-state index in [-0.39, 0.29) is 24.0 Å². The monoisotopic (exact) mass is 508 g/mol. The number of rotatable bonds is 8. The van der Waals surface area contributed by atoms with Crippen LogP contribution in [0.15, 0.2) is 28.1 Å². The number of aryl methyl sites for hydroxylation is 1. The number of sulfone groups is 1. The summed E-state index contributed by atoms with van der Waals surface area (Å²) in [6.07, 6.45) is 3.86.